The van der Waals surface area contributed by atoms with Crippen LogP contribution in [0.15, 0.2) is 48.5 Å². The average Bonchev–Trinajstić information content (AvgIpc) is 3.02. The first kappa shape index (κ1) is 15.2. The Hall–Kier alpha value is -1.71. The molecule has 116 valence electrons. The molecule has 0 saturated carbocycles. The fourth-order valence-corrected chi connectivity index (χ4v) is 3.50. The molecular formula is C19H24N2O. The van der Waals surface area contributed by atoms with Crippen LogP contribution in [0.5, 0.6) is 0 Å². The Morgan fingerprint density at radius 3 is 2.55 bits per heavy atom. The average molecular weight is 296 g/mol. The largest absolute Gasteiger partial charge is 0.320 e. The minimum Gasteiger partial charge on any atom is -0.320 e. The third kappa shape index (κ3) is 3.06. The van der Waals surface area contributed by atoms with Gasteiger partial charge in [-0.15, -0.1) is 0 Å². The van der Waals surface area contributed by atoms with Gasteiger partial charge >= 0.3 is 0 Å². The van der Waals surface area contributed by atoms with Crippen LogP contribution in [0.3, 0.4) is 0 Å². The van der Waals surface area contributed by atoms with E-state index in [0.717, 1.165) is 31.4 Å². The lowest BCUT2D eigenvalue weighted by Gasteiger charge is -2.11. The number of nitrogens with one attached hydrogen (secondary N) is 2. The molecule has 1 fully saturated rings. The summed E-state index contributed by atoms with van der Waals surface area (Å²) >= 11 is 0. The highest BCUT2D eigenvalue weighted by atomic mass is 16.1. The number of carbonyl (C=O) groups is 1. The fraction of sp³-hybridized carbons (Fsp3) is 0.421. The maximum atomic E-state index is 12.8. The number of hydrogen-bond donors (Lipinski definition) is 2. The minimum absolute atomic E-state index is 0.00306. The van der Waals surface area contributed by atoms with Crippen LogP contribution in [-0.2, 0) is 4.79 Å². The van der Waals surface area contributed by atoms with Crippen LogP contribution in [0, 0.1) is 0 Å². The SMILES string of the molecule is CNCCCCC1NC2c3cccccccc(c3)C2C1=O. The molecule has 2 bridgehead atoms. The molecule has 1 heterocycles. The second-order valence-electron chi connectivity index (χ2n) is 6.12. The van der Waals surface area contributed by atoms with E-state index in [4.69, 9.17) is 0 Å². The van der Waals surface area contributed by atoms with E-state index in [1.54, 1.807) is 0 Å². The maximum absolute atomic E-state index is 12.8. The zero-order chi connectivity index (χ0) is 15.4. The summed E-state index contributed by atoms with van der Waals surface area (Å²) in [5.41, 5.74) is 2.37. The highest BCUT2D eigenvalue weighted by Gasteiger charge is 2.45. The van der Waals surface area contributed by atoms with Crippen molar-refractivity contribution in [2.45, 2.75) is 37.3 Å². The number of ketones is 1. The van der Waals surface area contributed by atoms with Gasteiger partial charge < -0.3 is 5.32 Å². The normalized spacial score (nSPS) is 25.0. The highest BCUT2D eigenvalue weighted by Crippen LogP contribution is 2.43. The van der Waals surface area contributed by atoms with Gasteiger partial charge in [-0.1, -0.05) is 55.0 Å². The molecule has 2 aliphatic rings. The Labute approximate surface area is 132 Å². The van der Waals surface area contributed by atoms with E-state index >= 15 is 0 Å². The number of unbranched alkanes of at least 4 members (excludes halogenated alkanes) is 1. The molecule has 0 radical (unpaired) electrons. The molecule has 1 aliphatic carbocycles. The Bertz CT molecular complexity index is 598. The second-order valence-corrected chi connectivity index (χ2v) is 6.12. The van der Waals surface area contributed by atoms with Crippen molar-refractivity contribution in [3.8, 4) is 0 Å². The van der Waals surface area contributed by atoms with Gasteiger partial charge in [0.15, 0.2) is 5.78 Å². The van der Waals surface area contributed by atoms with Gasteiger partial charge in [-0.2, -0.15) is 0 Å². The molecule has 1 saturated heterocycles. The fourth-order valence-electron chi connectivity index (χ4n) is 3.50. The summed E-state index contributed by atoms with van der Waals surface area (Å²) in [6, 6.07) is 16.6. The number of rotatable bonds is 5. The zero-order valence-electron chi connectivity index (χ0n) is 13.1. The number of hydrogen-bond acceptors (Lipinski definition) is 3. The molecule has 1 aliphatic heterocycles. The van der Waals surface area contributed by atoms with Crippen molar-refractivity contribution in [3.63, 3.8) is 0 Å². The van der Waals surface area contributed by atoms with Crippen LogP contribution < -0.4 is 10.6 Å². The standard InChI is InChI=1S/C19H24N2O/c1-20-12-8-7-11-16-19(22)17-14-9-5-3-2-4-6-10-15(13-14)18(17)21-16/h2-6,9-10,13,16-18,20-21H,7-8,11-12H2,1H3. The molecule has 1 aromatic rings. The van der Waals surface area contributed by atoms with Crippen molar-refractivity contribution >= 4 is 5.78 Å². The van der Waals surface area contributed by atoms with E-state index in [-0.39, 0.29) is 18.0 Å². The lowest BCUT2D eigenvalue weighted by molar-refractivity contribution is -0.120. The van der Waals surface area contributed by atoms with E-state index in [9.17, 15) is 4.79 Å². The predicted molar refractivity (Wildman–Crippen MR) is 89.3 cm³/mol. The number of fused-ring (bicyclic) bond motifs is 5. The highest BCUT2D eigenvalue weighted by molar-refractivity contribution is 5.94. The van der Waals surface area contributed by atoms with Gasteiger partial charge in [-0.05, 0) is 37.6 Å². The van der Waals surface area contributed by atoms with Crippen molar-refractivity contribution in [2.24, 2.45) is 0 Å². The molecule has 2 N–H and O–H groups in total. The summed E-state index contributed by atoms with van der Waals surface area (Å²) in [6.07, 6.45) is 3.14. The lowest BCUT2D eigenvalue weighted by Crippen LogP contribution is -2.28. The third-order valence-electron chi connectivity index (χ3n) is 4.61. The summed E-state index contributed by atoms with van der Waals surface area (Å²) in [4.78, 5) is 12.8. The first-order valence-corrected chi connectivity index (χ1v) is 8.19. The lowest BCUT2D eigenvalue weighted by atomic mass is 9.93. The Morgan fingerprint density at radius 1 is 1.05 bits per heavy atom. The molecule has 1 aromatic carbocycles. The Kier molecular flexibility index (Phi) is 4.86. The topological polar surface area (TPSA) is 41.1 Å². The molecular weight excluding hydrogens is 272 g/mol. The van der Waals surface area contributed by atoms with Gasteiger partial charge in [0.25, 0.3) is 0 Å². The van der Waals surface area contributed by atoms with Crippen molar-refractivity contribution in [1.82, 2.24) is 10.6 Å². The second kappa shape index (κ2) is 7.03. The van der Waals surface area contributed by atoms with Crippen molar-refractivity contribution in [3.05, 3.63) is 59.7 Å². The predicted octanol–water partition coefficient (Wildman–Crippen LogP) is 2.88. The summed E-state index contributed by atoms with van der Waals surface area (Å²) in [5.74, 6) is 0.359. The maximum Gasteiger partial charge on any atom is 0.159 e. The van der Waals surface area contributed by atoms with Gasteiger partial charge in [0.05, 0.1) is 12.0 Å². The van der Waals surface area contributed by atoms with E-state index in [2.05, 4.69) is 28.8 Å². The molecule has 0 aromatic heterocycles. The van der Waals surface area contributed by atoms with Gasteiger partial charge in [0.1, 0.15) is 0 Å². The Balaban J connectivity index is 1.78. The summed E-state index contributed by atoms with van der Waals surface area (Å²) in [5, 5.41) is 6.73. The van der Waals surface area contributed by atoms with Crippen LogP contribution in [0.1, 0.15) is 42.3 Å². The summed E-state index contributed by atoms with van der Waals surface area (Å²) in [7, 11) is 1.97. The summed E-state index contributed by atoms with van der Waals surface area (Å²) < 4.78 is 0. The van der Waals surface area contributed by atoms with Gasteiger partial charge in [0, 0.05) is 6.04 Å². The first-order valence-electron chi connectivity index (χ1n) is 8.19. The zero-order valence-corrected chi connectivity index (χ0v) is 13.1. The molecule has 3 unspecified atom stereocenters. The molecule has 3 rings (SSSR count). The van der Waals surface area contributed by atoms with E-state index < -0.39 is 0 Å². The van der Waals surface area contributed by atoms with Crippen LogP contribution in [0.2, 0.25) is 0 Å². The summed E-state index contributed by atoms with van der Waals surface area (Å²) in [6.45, 7) is 1.02. The van der Waals surface area contributed by atoms with Gasteiger partial charge in [-0.3, -0.25) is 10.1 Å². The number of Topliss-reactive ketones (excluding diaryl/α,β-unsaturated/α-hetero) is 1. The van der Waals surface area contributed by atoms with E-state index in [0.29, 0.717) is 5.78 Å². The van der Waals surface area contributed by atoms with Crippen molar-refractivity contribution in [1.29, 1.82) is 0 Å². The van der Waals surface area contributed by atoms with Crippen molar-refractivity contribution in [2.75, 3.05) is 13.6 Å². The molecule has 22 heavy (non-hydrogen) atoms. The van der Waals surface area contributed by atoms with Gasteiger partial charge in [-0.25, -0.2) is 0 Å². The first-order chi connectivity index (χ1) is 10.8. The van der Waals surface area contributed by atoms with Crippen LogP contribution in [0.4, 0.5) is 0 Å². The van der Waals surface area contributed by atoms with E-state index in [1.165, 1.54) is 5.56 Å². The van der Waals surface area contributed by atoms with Gasteiger partial charge in [0.2, 0.25) is 0 Å². The third-order valence-corrected chi connectivity index (χ3v) is 4.61. The molecule has 0 spiro atoms. The smallest absolute Gasteiger partial charge is 0.159 e. The quantitative estimate of drug-likeness (QED) is 0.821. The van der Waals surface area contributed by atoms with Crippen LogP contribution >= 0.6 is 0 Å². The van der Waals surface area contributed by atoms with Crippen LogP contribution in [-0.4, -0.2) is 25.4 Å². The van der Waals surface area contributed by atoms with E-state index in [1.807, 2.05) is 37.4 Å². The molecule has 3 atom stereocenters. The van der Waals surface area contributed by atoms with Crippen molar-refractivity contribution < 1.29 is 4.79 Å². The molecule has 3 heteroatoms. The molecule has 0 amide bonds. The Morgan fingerprint density at radius 2 is 1.77 bits per heavy atom. The number of carbonyl (C=O) groups excluding carboxylic acids is 1. The monoisotopic (exact) mass is 296 g/mol. The van der Waals surface area contributed by atoms with Crippen LogP contribution in [0.25, 0.3) is 0 Å². The molecule has 3 nitrogen and oxygen atoms in total. The minimum atomic E-state index is -0.00306.